The number of hydrogen-bond donors (Lipinski definition) is 2. The van der Waals surface area contributed by atoms with E-state index in [0.29, 0.717) is 0 Å². The number of hydrogen-bond acceptors (Lipinski definition) is 3. The lowest BCUT2D eigenvalue weighted by atomic mass is 10.2. The number of benzene rings is 2. The molecule has 0 aliphatic carbocycles. The normalized spacial score (nSPS) is 10.6. The van der Waals surface area contributed by atoms with E-state index in [-0.39, 0.29) is 35.3 Å². The summed E-state index contributed by atoms with van der Waals surface area (Å²) in [7, 11) is -3.74. The summed E-state index contributed by atoms with van der Waals surface area (Å²) >= 11 is 5.87. The summed E-state index contributed by atoms with van der Waals surface area (Å²) in [6.45, 7) is 0.177. The number of carbonyl (C=O) groups is 1. The molecular formula is C18H17ClN2O3S. The van der Waals surface area contributed by atoms with Crippen LogP contribution in [0.2, 0.25) is 5.02 Å². The average Bonchev–Trinajstić information content (AvgIpc) is 2.60. The highest BCUT2D eigenvalue weighted by Crippen LogP contribution is 2.19. The van der Waals surface area contributed by atoms with Gasteiger partial charge in [-0.25, -0.2) is 13.1 Å². The van der Waals surface area contributed by atoms with Gasteiger partial charge in [-0.2, -0.15) is 0 Å². The number of nitrogens with one attached hydrogen (secondary N) is 2. The molecule has 0 spiro atoms. The van der Waals surface area contributed by atoms with Crippen LogP contribution in [-0.4, -0.2) is 27.4 Å². The highest BCUT2D eigenvalue weighted by molar-refractivity contribution is 7.89. The Bertz CT molecular complexity index is 887. The fourth-order valence-electron chi connectivity index (χ4n) is 1.94. The number of amides is 1. The third-order valence-electron chi connectivity index (χ3n) is 3.15. The lowest BCUT2D eigenvalue weighted by molar-refractivity contribution is -0.120. The number of halogens is 1. The van der Waals surface area contributed by atoms with Crippen molar-refractivity contribution in [2.75, 3.05) is 13.1 Å². The standard InChI is InChI=1S/C18H17ClN2O3S/c19-16-10-4-5-11-17(16)25(23,24)21-14-12-18(22)20-13-6-9-15-7-2-1-3-8-15/h1-5,7-8,10-11,21H,12-14H2,(H,20,22). The first-order valence-corrected chi connectivity index (χ1v) is 9.40. The van der Waals surface area contributed by atoms with Crippen LogP contribution in [0.15, 0.2) is 59.5 Å². The molecular weight excluding hydrogens is 360 g/mol. The molecule has 1 amide bonds. The van der Waals surface area contributed by atoms with Gasteiger partial charge in [-0.1, -0.05) is 53.8 Å². The predicted molar refractivity (Wildman–Crippen MR) is 97.6 cm³/mol. The summed E-state index contributed by atoms with van der Waals surface area (Å²) < 4.78 is 26.6. The minimum absolute atomic E-state index is 0.00852. The van der Waals surface area contributed by atoms with Crippen molar-refractivity contribution in [3.63, 3.8) is 0 Å². The fraction of sp³-hybridized carbons (Fsp3) is 0.167. The van der Waals surface area contributed by atoms with E-state index in [0.717, 1.165) is 5.56 Å². The van der Waals surface area contributed by atoms with Crippen molar-refractivity contribution in [1.82, 2.24) is 10.0 Å². The van der Waals surface area contributed by atoms with Gasteiger partial charge in [0.15, 0.2) is 0 Å². The molecule has 0 aliphatic rings. The van der Waals surface area contributed by atoms with Gasteiger partial charge in [0.05, 0.1) is 11.6 Å². The van der Waals surface area contributed by atoms with Crippen LogP contribution in [0.3, 0.4) is 0 Å². The van der Waals surface area contributed by atoms with E-state index in [4.69, 9.17) is 11.6 Å². The Morgan fingerprint density at radius 1 is 1.04 bits per heavy atom. The van der Waals surface area contributed by atoms with Crippen molar-refractivity contribution in [2.24, 2.45) is 0 Å². The molecule has 0 fully saturated rings. The third-order valence-corrected chi connectivity index (χ3v) is 5.11. The van der Waals surface area contributed by atoms with Gasteiger partial charge >= 0.3 is 0 Å². The smallest absolute Gasteiger partial charge is 0.242 e. The van der Waals surface area contributed by atoms with Crippen molar-refractivity contribution in [3.05, 3.63) is 65.2 Å². The molecule has 7 heteroatoms. The van der Waals surface area contributed by atoms with Gasteiger partial charge in [-0.05, 0) is 24.3 Å². The summed E-state index contributed by atoms with van der Waals surface area (Å²) in [5, 5.41) is 2.75. The van der Waals surface area contributed by atoms with Crippen LogP contribution in [0.1, 0.15) is 12.0 Å². The summed E-state index contributed by atoms with van der Waals surface area (Å²) in [4.78, 5) is 11.7. The molecule has 130 valence electrons. The van der Waals surface area contributed by atoms with E-state index in [2.05, 4.69) is 21.9 Å². The maximum Gasteiger partial charge on any atom is 0.242 e. The molecule has 0 bridgehead atoms. The molecule has 2 N–H and O–H groups in total. The third kappa shape index (κ3) is 6.24. The van der Waals surface area contributed by atoms with Gasteiger partial charge < -0.3 is 5.32 Å². The Morgan fingerprint density at radius 2 is 1.72 bits per heavy atom. The highest BCUT2D eigenvalue weighted by atomic mass is 35.5. The zero-order valence-electron chi connectivity index (χ0n) is 13.3. The molecule has 0 saturated heterocycles. The first kappa shape index (κ1) is 19.0. The monoisotopic (exact) mass is 376 g/mol. The van der Waals surface area contributed by atoms with Crippen molar-refractivity contribution in [3.8, 4) is 11.8 Å². The summed E-state index contributed by atoms with van der Waals surface area (Å²) in [6, 6.07) is 15.5. The SMILES string of the molecule is O=C(CCNS(=O)(=O)c1ccccc1Cl)NCC#Cc1ccccc1. The largest absolute Gasteiger partial charge is 0.345 e. The van der Waals surface area contributed by atoms with Gasteiger partial charge in [0.1, 0.15) is 4.90 Å². The van der Waals surface area contributed by atoms with E-state index >= 15 is 0 Å². The number of sulfonamides is 1. The molecule has 0 radical (unpaired) electrons. The minimum Gasteiger partial charge on any atom is -0.345 e. The Kier molecular flexibility index (Phi) is 7.02. The molecule has 25 heavy (non-hydrogen) atoms. The quantitative estimate of drug-likeness (QED) is 0.759. The van der Waals surface area contributed by atoms with Crippen LogP contribution in [-0.2, 0) is 14.8 Å². The molecule has 2 aromatic carbocycles. The Hall–Kier alpha value is -2.33. The van der Waals surface area contributed by atoms with Gasteiger partial charge in [0, 0.05) is 18.5 Å². The second-order valence-corrected chi connectivity index (χ2v) is 7.17. The predicted octanol–water partition coefficient (Wildman–Crippen LogP) is 2.18. The summed E-state index contributed by atoms with van der Waals surface area (Å²) in [5.41, 5.74) is 0.865. The van der Waals surface area contributed by atoms with Crippen LogP contribution >= 0.6 is 11.6 Å². The Morgan fingerprint density at radius 3 is 2.44 bits per heavy atom. The van der Waals surface area contributed by atoms with Gasteiger partial charge in [0.2, 0.25) is 15.9 Å². The van der Waals surface area contributed by atoms with Crippen LogP contribution in [0.5, 0.6) is 0 Å². The number of carbonyl (C=O) groups excluding carboxylic acids is 1. The summed E-state index contributed by atoms with van der Waals surface area (Å²) in [6.07, 6.45) is 0.0106. The van der Waals surface area contributed by atoms with Crippen molar-refractivity contribution in [2.45, 2.75) is 11.3 Å². The first-order valence-electron chi connectivity index (χ1n) is 7.54. The first-order chi connectivity index (χ1) is 12.0. The van der Waals surface area contributed by atoms with E-state index in [9.17, 15) is 13.2 Å². The molecule has 5 nitrogen and oxygen atoms in total. The molecule has 0 aliphatic heterocycles. The molecule has 2 aromatic rings. The van der Waals surface area contributed by atoms with Crippen LogP contribution in [0.4, 0.5) is 0 Å². The lowest BCUT2D eigenvalue weighted by Crippen LogP contribution is -2.31. The Balaban J connectivity index is 1.75. The zero-order valence-corrected chi connectivity index (χ0v) is 14.9. The van der Waals surface area contributed by atoms with Crippen LogP contribution in [0.25, 0.3) is 0 Å². The maximum atomic E-state index is 12.1. The molecule has 2 rings (SSSR count). The fourth-order valence-corrected chi connectivity index (χ4v) is 3.49. The zero-order chi connectivity index (χ0) is 18.1. The molecule has 0 atom stereocenters. The molecule has 0 heterocycles. The minimum atomic E-state index is -3.74. The molecule has 0 aromatic heterocycles. The van der Waals surface area contributed by atoms with Crippen molar-refractivity contribution in [1.29, 1.82) is 0 Å². The van der Waals surface area contributed by atoms with E-state index in [1.807, 2.05) is 30.3 Å². The molecule has 0 unspecified atom stereocenters. The van der Waals surface area contributed by atoms with Gasteiger partial charge in [-0.3, -0.25) is 4.79 Å². The Labute approximate surface area is 152 Å². The van der Waals surface area contributed by atoms with E-state index in [1.165, 1.54) is 12.1 Å². The van der Waals surface area contributed by atoms with Crippen molar-refractivity contribution >= 4 is 27.5 Å². The lowest BCUT2D eigenvalue weighted by Gasteiger charge is -2.07. The summed E-state index contributed by atoms with van der Waals surface area (Å²) in [5.74, 6) is 5.46. The highest BCUT2D eigenvalue weighted by Gasteiger charge is 2.16. The van der Waals surface area contributed by atoms with Gasteiger partial charge in [0.25, 0.3) is 0 Å². The second kappa shape index (κ2) is 9.23. The molecule has 0 saturated carbocycles. The number of rotatable bonds is 6. The topological polar surface area (TPSA) is 75.3 Å². The second-order valence-electron chi connectivity index (χ2n) is 5.02. The van der Waals surface area contributed by atoms with Crippen LogP contribution < -0.4 is 10.0 Å². The van der Waals surface area contributed by atoms with Crippen molar-refractivity contribution < 1.29 is 13.2 Å². The van der Waals surface area contributed by atoms with Gasteiger partial charge in [-0.15, -0.1) is 0 Å². The average molecular weight is 377 g/mol. The van der Waals surface area contributed by atoms with E-state index in [1.54, 1.807) is 12.1 Å². The van der Waals surface area contributed by atoms with E-state index < -0.39 is 10.0 Å². The maximum absolute atomic E-state index is 12.1. The van der Waals surface area contributed by atoms with Crippen LogP contribution in [0, 0.1) is 11.8 Å².